The predicted octanol–water partition coefficient (Wildman–Crippen LogP) is 4.38. The van der Waals surface area contributed by atoms with Crippen LogP contribution in [-0.2, 0) is 6.54 Å². The van der Waals surface area contributed by atoms with Crippen LogP contribution in [0.3, 0.4) is 0 Å². The van der Waals surface area contributed by atoms with E-state index < -0.39 is 0 Å². The molecule has 0 radical (unpaired) electrons. The van der Waals surface area contributed by atoms with E-state index in [4.69, 9.17) is 23.2 Å². The number of nitrogens with zero attached hydrogens (tertiary/aromatic N) is 2. The van der Waals surface area contributed by atoms with E-state index in [2.05, 4.69) is 21.3 Å². The highest BCUT2D eigenvalue weighted by atomic mass is 35.5. The Morgan fingerprint density at radius 1 is 1.22 bits per heavy atom. The third kappa shape index (κ3) is 5.21. The number of nitrogens with one attached hydrogen (secondary N) is 1. The maximum Gasteiger partial charge on any atom is 0.0634 e. The fourth-order valence-corrected chi connectivity index (χ4v) is 3.11. The van der Waals surface area contributed by atoms with Gasteiger partial charge in [0.05, 0.1) is 5.02 Å². The van der Waals surface area contributed by atoms with Crippen molar-refractivity contribution in [2.45, 2.75) is 12.6 Å². The second kappa shape index (κ2) is 9.67. The smallest absolute Gasteiger partial charge is 0.0634 e. The molecule has 1 aliphatic rings. The van der Waals surface area contributed by atoms with Crippen molar-refractivity contribution in [1.82, 2.24) is 15.2 Å². The van der Waals surface area contributed by atoms with E-state index in [1.54, 1.807) is 12.4 Å². The number of benzene rings is 1. The molecule has 0 bridgehead atoms. The number of rotatable bonds is 3. The van der Waals surface area contributed by atoms with Gasteiger partial charge >= 0.3 is 0 Å². The van der Waals surface area contributed by atoms with Gasteiger partial charge in [0.15, 0.2) is 0 Å². The molecule has 7 heteroatoms. The van der Waals surface area contributed by atoms with Crippen LogP contribution in [0.15, 0.2) is 42.7 Å². The van der Waals surface area contributed by atoms with E-state index >= 15 is 0 Å². The number of aromatic nitrogens is 1. The van der Waals surface area contributed by atoms with Crippen LogP contribution in [0.1, 0.15) is 17.2 Å². The molecule has 1 fully saturated rings. The van der Waals surface area contributed by atoms with Gasteiger partial charge in [-0.1, -0.05) is 35.3 Å². The zero-order valence-electron chi connectivity index (χ0n) is 12.4. The lowest BCUT2D eigenvalue weighted by atomic mass is 10.0. The van der Waals surface area contributed by atoms with Crippen LogP contribution in [0.4, 0.5) is 0 Å². The summed E-state index contributed by atoms with van der Waals surface area (Å²) in [6.07, 6.45) is 3.49. The highest BCUT2D eigenvalue weighted by Gasteiger charge is 2.24. The first-order valence-electron chi connectivity index (χ1n) is 7.02. The van der Waals surface area contributed by atoms with Gasteiger partial charge < -0.3 is 5.32 Å². The largest absolute Gasteiger partial charge is 0.314 e. The van der Waals surface area contributed by atoms with E-state index in [9.17, 15) is 0 Å². The Bertz CT molecular complexity index is 624. The molecule has 1 aliphatic heterocycles. The molecule has 2 heterocycles. The Morgan fingerprint density at radius 2 is 2.04 bits per heavy atom. The predicted molar refractivity (Wildman–Crippen MR) is 101 cm³/mol. The molecule has 2 aromatic rings. The maximum atomic E-state index is 6.24. The Kier molecular flexibility index (Phi) is 8.62. The molecular formula is C16H19Cl4N3. The first-order valence-corrected chi connectivity index (χ1v) is 7.78. The van der Waals surface area contributed by atoms with Gasteiger partial charge in [0.1, 0.15) is 0 Å². The third-order valence-electron chi connectivity index (χ3n) is 3.82. The zero-order chi connectivity index (χ0) is 14.7. The molecule has 1 atom stereocenters. The van der Waals surface area contributed by atoms with Crippen LogP contribution >= 0.6 is 48.0 Å². The van der Waals surface area contributed by atoms with Gasteiger partial charge in [-0.15, -0.1) is 24.8 Å². The molecule has 3 nitrogen and oxygen atoms in total. The SMILES string of the molecule is Cl.Cl.Clc1cccc(C2CNCCN2Cc2ccncc2Cl)c1. The zero-order valence-corrected chi connectivity index (χ0v) is 15.6. The summed E-state index contributed by atoms with van der Waals surface area (Å²) in [6.45, 7) is 3.71. The monoisotopic (exact) mass is 393 g/mol. The van der Waals surface area contributed by atoms with Gasteiger partial charge in [-0.2, -0.15) is 0 Å². The normalized spacial score (nSPS) is 17.9. The Hall–Kier alpha value is -0.550. The highest BCUT2D eigenvalue weighted by molar-refractivity contribution is 6.31. The first kappa shape index (κ1) is 20.5. The standard InChI is InChI=1S/C16H17Cl2N3.2ClH/c17-14-3-1-2-12(8-14)16-10-20-6-7-21(16)11-13-4-5-19-9-15(13)18;;/h1-5,8-9,16,20H,6-7,10-11H2;2*1H. The molecule has 1 N–H and O–H groups in total. The second-order valence-corrected chi connectivity index (χ2v) is 6.06. The molecule has 0 spiro atoms. The van der Waals surface area contributed by atoms with Crippen molar-refractivity contribution in [3.63, 3.8) is 0 Å². The van der Waals surface area contributed by atoms with Gasteiger partial charge in [0, 0.05) is 49.6 Å². The summed E-state index contributed by atoms with van der Waals surface area (Å²) in [5.74, 6) is 0. The summed E-state index contributed by atoms with van der Waals surface area (Å²) < 4.78 is 0. The topological polar surface area (TPSA) is 28.2 Å². The Labute approximate surface area is 159 Å². The van der Waals surface area contributed by atoms with E-state index in [-0.39, 0.29) is 24.8 Å². The van der Waals surface area contributed by atoms with Crippen molar-refractivity contribution in [1.29, 1.82) is 0 Å². The van der Waals surface area contributed by atoms with Gasteiger partial charge in [0.2, 0.25) is 0 Å². The summed E-state index contributed by atoms with van der Waals surface area (Å²) >= 11 is 12.4. The summed E-state index contributed by atoms with van der Waals surface area (Å²) in [6, 6.07) is 10.4. The molecule has 1 aromatic carbocycles. The lowest BCUT2D eigenvalue weighted by Gasteiger charge is -2.36. The fraction of sp³-hybridized carbons (Fsp3) is 0.312. The minimum atomic E-state index is 0. The van der Waals surface area contributed by atoms with E-state index in [1.165, 1.54) is 5.56 Å². The average Bonchev–Trinajstić information content (AvgIpc) is 2.50. The first-order chi connectivity index (χ1) is 10.2. The van der Waals surface area contributed by atoms with Crippen LogP contribution in [-0.4, -0.2) is 29.5 Å². The highest BCUT2D eigenvalue weighted by Crippen LogP contribution is 2.27. The molecule has 1 saturated heterocycles. The lowest BCUT2D eigenvalue weighted by Crippen LogP contribution is -2.45. The molecule has 1 aromatic heterocycles. The molecule has 23 heavy (non-hydrogen) atoms. The van der Waals surface area contributed by atoms with E-state index in [0.29, 0.717) is 6.04 Å². The van der Waals surface area contributed by atoms with Crippen LogP contribution in [0.5, 0.6) is 0 Å². The lowest BCUT2D eigenvalue weighted by molar-refractivity contribution is 0.154. The number of halogens is 4. The van der Waals surface area contributed by atoms with Crippen molar-refractivity contribution in [3.8, 4) is 0 Å². The van der Waals surface area contributed by atoms with Crippen molar-refractivity contribution in [2.75, 3.05) is 19.6 Å². The Balaban J connectivity index is 0.00000132. The molecule has 0 amide bonds. The van der Waals surface area contributed by atoms with Crippen molar-refractivity contribution < 1.29 is 0 Å². The van der Waals surface area contributed by atoms with Crippen molar-refractivity contribution >= 4 is 48.0 Å². The van der Waals surface area contributed by atoms with Crippen LogP contribution in [0.2, 0.25) is 10.0 Å². The van der Waals surface area contributed by atoms with Crippen molar-refractivity contribution in [2.24, 2.45) is 0 Å². The van der Waals surface area contributed by atoms with Crippen molar-refractivity contribution in [3.05, 3.63) is 63.9 Å². The van der Waals surface area contributed by atoms with Gasteiger partial charge in [-0.05, 0) is 29.3 Å². The van der Waals surface area contributed by atoms with Gasteiger partial charge in [-0.3, -0.25) is 9.88 Å². The molecule has 1 unspecified atom stereocenters. The minimum absolute atomic E-state index is 0. The maximum absolute atomic E-state index is 6.24. The number of hydrogen-bond acceptors (Lipinski definition) is 3. The fourth-order valence-electron chi connectivity index (χ4n) is 2.73. The summed E-state index contributed by atoms with van der Waals surface area (Å²) in [5, 5.41) is 4.95. The summed E-state index contributed by atoms with van der Waals surface area (Å²) in [7, 11) is 0. The molecular weight excluding hydrogens is 376 g/mol. The second-order valence-electron chi connectivity index (χ2n) is 5.21. The molecule has 0 saturated carbocycles. The van der Waals surface area contributed by atoms with Crippen LogP contribution in [0.25, 0.3) is 0 Å². The minimum Gasteiger partial charge on any atom is -0.314 e. The van der Waals surface area contributed by atoms with Gasteiger partial charge in [-0.25, -0.2) is 0 Å². The molecule has 0 aliphatic carbocycles. The molecule has 3 rings (SSSR count). The summed E-state index contributed by atoms with van der Waals surface area (Å²) in [5.41, 5.74) is 2.35. The number of pyridine rings is 1. The summed E-state index contributed by atoms with van der Waals surface area (Å²) in [4.78, 5) is 6.48. The average molecular weight is 395 g/mol. The number of piperazine rings is 1. The molecule has 126 valence electrons. The van der Waals surface area contributed by atoms with Gasteiger partial charge in [0.25, 0.3) is 0 Å². The third-order valence-corrected chi connectivity index (χ3v) is 4.39. The number of hydrogen-bond donors (Lipinski definition) is 1. The van der Waals surface area contributed by atoms with Crippen LogP contribution in [0, 0.1) is 0 Å². The van der Waals surface area contributed by atoms with Crippen LogP contribution < -0.4 is 5.32 Å². The quantitative estimate of drug-likeness (QED) is 0.837. The van der Waals surface area contributed by atoms with E-state index in [0.717, 1.165) is 41.8 Å². The van der Waals surface area contributed by atoms with E-state index in [1.807, 2.05) is 24.3 Å². The Morgan fingerprint density at radius 3 is 2.78 bits per heavy atom.